The SMILES string of the molecule is C=NC(=NCC)C(C)=C(N)/C=C\C. The smallest absolute Gasteiger partial charge is 0.151 e. The van der Waals surface area contributed by atoms with E-state index < -0.39 is 0 Å². The second kappa shape index (κ2) is 6.17. The minimum absolute atomic E-state index is 0.623. The number of amidine groups is 1. The lowest BCUT2D eigenvalue weighted by atomic mass is 10.2. The van der Waals surface area contributed by atoms with Crippen LogP contribution in [0.5, 0.6) is 0 Å². The topological polar surface area (TPSA) is 50.7 Å². The van der Waals surface area contributed by atoms with Gasteiger partial charge in [-0.25, -0.2) is 4.99 Å². The highest BCUT2D eigenvalue weighted by molar-refractivity contribution is 6.01. The van der Waals surface area contributed by atoms with Gasteiger partial charge in [-0.2, -0.15) is 0 Å². The number of nitrogens with zero attached hydrogens (tertiary/aromatic N) is 2. The molecule has 13 heavy (non-hydrogen) atoms. The van der Waals surface area contributed by atoms with E-state index in [1.165, 1.54) is 0 Å². The van der Waals surface area contributed by atoms with Gasteiger partial charge in [0.1, 0.15) is 0 Å². The summed E-state index contributed by atoms with van der Waals surface area (Å²) in [4.78, 5) is 7.97. The Balaban J connectivity index is 4.92. The second-order valence-corrected chi connectivity index (χ2v) is 2.54. The van der Waals surface area contributed by atoms with E-state index >= 15 is 0 Å². The summed E-state index contributed by atoms with van der Waals surface area (Å²) in [6, 6.07) is 0. The standard InChI is InChI=1S/C10H17N3/c1-5-7-9(11)8(3)10(12-4)13-6-2/h5,7H,4,6,11H2,1-3H3/b7-5-,9-8?,13-10?. The molecule has 0 radical (unpaired) electrons. The zero-order valence-electron chi connectivity index (χ0n) is 8.54. The normalized spacial score (nSPS) is 14.5. The van der Waals surface area contributed by atoms with Crippen LogP contribution in [0.15, 0.2) is 33.4 Å². The Labute approximate surface area is 79.8 Å². The Kier molecular flexibility index (Phi) is 5.52. The molecular weight excluding hydrogens is 162 g/mol. The Morgan fingerprint density at radius 3 is 2.54 bits per heavy atom. The van der Waals surface area contributed by atoms with E-state index in [4.69, 9.17) is 5.73 Å². The molecule has 3 nitrogen and oxygen atoms in total. The van der Waals surface area contributed by atoms with Crippen LogP contribution in [0.1, 0.15) is 20.8 Å². The van der Waals surface area contributed by atoms with E-state index in [1.54, 1.807) is 0 Å². The summed E-state index contributed by atoms with van der Waals surface area (Å²) in [5, 5.41) is 0. The Hall–Kier alpha value is -1.38. The minimum atomic E-state index is 0.623. The van der Waals surface area contributed by atoms with Crippen LogP contribution in [0.4, 0.5) is 0 Å². The fraction of sp³-hybridized carbons (Fsp3) is 0.400. The fourth-order valence-electron chi connectivity index (χ4n) is 0.871. The molecule has 0 aliphatic heterocycles. The van der Waals surface area contributed by atoms with Crippen LogP contribution in [0, 0.1) is 0 Å². The maximum Gasteiger partial charge on any atom is 0.151 e. The van der Waals surface area contributed by atoms with Crippen LogP contribution in [0.2, 0.25) is 0 Å². The number of nitrogens with two attached hydrogens (primary N) is 1. The van der Waals surface area contributed by atoms with Gasteiger partial charge in [0.05, 0.1) is 0 Å². The second-order valence-electron chi connectivity index (χ2n) is 2.54. The van der Waals surface area contributed by atoms with E-state index in [0.717, 1.165) is 5.57 Å². The van der Waals surface area contributed by atoms with Crippen LogP contribution in [-0.2, 0) is 0 Å². The lowest BCUT2D eigenvalue weighted by Crippen LogP contribution is -2.05. The zero-order valence-corrected chi connectivity index (χ0v) is 8.54. The first-order chi connectivity index (χ1) is 6.17. The molecule has 2 N–H and O–H groups in total. The van der Waals surface area contributed by atoms with Crippen molar-refractivity contribution < 1.29 is 0 Å². The summed E-state index contributed by atoms with van der Waals surface area (Å²) in [5.74, 6) is 0.623. The van der Waals surface area contributed by atoms with E-state index in [0.29, 0.717) is 18.1 Å². The number of hydrogen-bond acceptors (Lipinski definition) is 2. The summed E-state index contributed by atoms with van der Waals surface area (Å²) in [5.41, 5.74) is 7.31. The summed E-state index contributed by atoms with van der Waals surface area (Å²) in [6.45, 7) is 9.89. The van der Waals surface area contributed by atoms with Crippen molar-refractivity contribution in [3.8, 4) is 0 Å². The molecule has 0 rings (SSSR count). The number of allylic oxidation sites excluding steroid dienone is 2. The molecule has 0 aliphatic carbocycles. The third-order valence-corrected chi connectivity index (χ3v) is 1.57. The lowest BCUT2D eigenvalue weighted by Gasteiger charge is -2.02. The van der Waals surface area contributed by atoms with E-state index in [9.17, 15) is 0 Å². The van der Waals surface area contributed by atoms with Crippen LogP contribution in [-0.4, -0.2) is 19.1 Å². The zero-order chi connectivity index (χ0) is 10.3. The molecule has 0 amide bonds. The first-order valence-electron chi connectivity index (χ1n) is 4.27. The predicted molar refractivity (Wildman–Crippen MR) is 59.2 cm³/mol. The molecule has 0 aromatic carbocycles. The van der Waals surface area contributed by atoms with Gasteiger partial charge in [-0.15, -0.1) is 0 Å². The molecule has 3 heteroatoms. The highest BCUT2D eigenvalue weighted by atomic mass is 14.9. The summed E-state index contributed by atoms with van der Waals surface area (Å²) < 4.78 is 0. The van der Waals surface area contributed by atoms with Crippen molar-refractivity contribution in [1.82, 2.24) is 0 Å². The Morgan fingerprint density at radius 2 is 2.15 bits per heavy atom. The summed E-state index contributed by atoms with van der Waals surface area (Å²) in [6.07, 6.45) is 3.71. The van der Waals surface area contributed by atoms with E-state index in [1.807, 2.05) is 32.9 Å². The van der Waals surface area contributed by atoms with Gasteiger partial charge in [0.15, 0.2) is 5.84 Å². The van der Waals surface area contributed by atoms with Crippen LogP contribution in [0.25, 0.3) is 0 Å². The fourth-order valence-corrected chi connectivity index (χ4v) is 0.871. The van der Waals surface area contributed by atoms with Crippen molar-refractivity contribution in [3.63, 3.8) is 0 Å². The van der Waals surface area contributed by atoms with Gasteiger partial charge in [0, 0.05) is 17.8 Å². The Morgan fingerprint density at radius 1 is 1.54 bits per heavy atom. The number of hydrogen-bond donors (Lipinski definition) is 1. The van der Waals surface area contributed by atoms with Gasteiger partial charge in [-0.05, 0) is 33.6 Å². The van der Waals surface area contributed by atoms with Crippen molar-refractivity contribution in [3.05, 3.63) is 23.4 Å². The largest absolute Gasteiger partial charge is 0.398 e. The van der Waals surface area contributed by atoms with Crippen LogP contribution < -0.4 is 5.73 Å². The number of rotatable bonds is 3. The molecular formula is C10H17N3. The molecule has 0 aliphatic rings. The van der Waals surface area contributed by atoms with Gasteiger partial charge < -0.3 is 5.73 Å². The van der Waals surface area contributed by atoms with E-state index in [2.05, 4.69) is 16.7 Å². The third-order valence-electron chi connectivity index (χ3n) is 1.57. The molecule has 0 bridgehead atoms. The average molecular weight is 179 g/mol. The maximum absolute atomic E-state index is 5.76. The van der Waals surface area contributed by atoms with Gasteiger partial charge in [0.2, 0.25) is 0 Å². The predicted octanol–water partition coefficient (Wildman–Crippen LogP) is 1.91. The molecule has 0 aromatic rings. The van der Waals surface area contributed by atoms with Crippen molar-refractivity contribution >= 4 is 12.6 Å². The Bertz CT molecular complexity index is 259. The molecule has 0 heterocycles. The monoisotopic (exact) mass is 179 g/mol. The van der Waals surface area contributed by atoms with Crippen LogP contribution >= 0.6 is 0 Å². The van der Waals surface area contributed by atoms with Gasteiger partial charge in [0.25, 0.3) is 0 Å². The molecule has 0 spiro atoms. The third kappa shape index (κ3) is 3.69. The molecule has 0 aromatic heterocycles. The lowest BCUT2D eigenvalue weighted by molar-refractivity contribution is 1.11. The van der Waals surface area contributed by atoms with Crippen LogP contribution in [0.3, 0.4) is 0 Å². The summed E-state index contributed by atoms with van der Waals surface area (Å²) >= 11 is 0. The minimum Gasteiger partial charge on any atom is -0.398 e. The van der Waals surface area contributed by atoms with Crippen molar-refractivity contribution in [2.75, 3.05) is 6.54 Å². The van der Waals surface area contributed by atoms with Gasteiger partial charge in [-0.3, -0.25) is 4.99 Å². The molecule has 0 saturated heterocycles. The molecule has 0 saturated carbocycles. The van der Waals surface area contributed by atoms with E-state index in [-0.39, 0.29) is 0 Å². The van der Waals surface area contributed by atoms with Gasteiger partial charge in [-0.1, -0.05) is 6.08 Å². The molecule has 0 fully saturated rings. The highest BCUT2D eigenvalue weighted by Gasteiger charge is 2.00. The van der Waals surface area contributed by atoms with Crippen molar-refractivity contribution in [2.45, 2.75) is 20.8 Å². The maximum atomic E-state index is 5.76. The average Bonchev–Trinajstić information content (AvgIpc) is 2.13. The van der Waals surface area contributed by atoms with Crippen molar-refractivity contribution in [1.29, 1.82) is 0 Å². The molecule has 72 valence electrons. The number of aliphatic imine (C=N–C) groups is 2. The molecule has 0 atom stereocenters. The quantitative estimate of drug-likeness (QED) is 0.401. The molecule has 0 unspecified atom stereocenters. The first kappa shape index (κ1) is 11.6. The van der Waals surface area contributed by atoms with Gasteiger partial charge >= 0.3 is 0 Å². The summed E-state index contributed by atoms with van der Waals surface area (Å²) in [7, 11) is 0. The highest BCUT2D eigenvalue weighted by Crippen LogP contribution is 2.03. The van der Waals surface area contributed by atoms with Crippen molar-refractivity contribution in [2.24, 2.45) is 15.7 Å². The first-order valence-corrected chi connectivity index (χ1v) is 4.27.